The topological polar surface area (TPSA) is 84.7 Å². The summed E-state index contributed by atoms with van der Waals surface area (Å²) in [4.78, 5) is 28.3. The highest BCUT2D eigenvalue weighted by Gasteiger charge is 2.28. The Hall–Kier alpha value is -1.89. The van der Waals surface area contributed by atoms with Gasteiger partial charge in [-0.15, -0.1) is 0 Å². The van der Waals surface area contributed by atoms with Gasteiger partial charge in [0.2, 0.25) is 5.91 Å². The van der Waals surface area contributed by atoms with Crippen LogP contribution in [-0.4, -0.2) is 57.2 Å². The highest BCUT2D eigenvalue weighted by Crippen LogP contribution is 2.11. The van der Waals surface area contributed by atoms with Crippen LogP contribution in [0.15, 0.2) is 18.7 Å². The second kappa shape index (κ2) is 5.63. The molecule has 2 heterocycles. The van der Waals surface area contributed by atoms with Crippen LogP contribution in [0.3, 0.4) is 0 Å². The predicted octanol–water partition coefficient (Wildman–Crippen LogP) is -0.415. The monoisotopic (exact) mass is 253 g/mol. The summed E-state index contributed by atoms with van der Waals surface area (Å²) in [5, 5.41) is 8.81. The van der Waals surface area contributed by atoms with E-state index in [9.17, 15) is 9.59 Å². The summed E-state index contributed by atoms with van der Waals surface area (Å²) in [5.41, 5.74) is 0. The van der Waals surface area contributed by atoms with Crippen molar-refractivity contribution in [2.45, 2.75) is 19.0 Å². The smallest absolute Gasteiger partial charge is 0.305 e. The number of carbonyl (C=O) groups is 2. The lowest BCUT2D eigenvalue weighted by Gasteiger charge is -2.34. The molecule has 0 saturated carbocycles. The Balaban J connectivity index is 1.99. The predicted molar refractivity (Wildman–Crippen MR) is 60.8 cm³/mol. The van der Waals surface area contributed by atoms with Crippen molar-refractivity contribution in [1.82, 2.24) is 14.5 Å². The molecule has 0 aromatic carbocycles. The fourth-order valence-electron chi connectivity index (χ4n) is 1.98. The molecule has 1 N–H and O–H groups in total. The lowest BCUT2D eigenvalue weighted by atomic mass is 10.1. The maximum Gasteiger partial charge on any atom is 0.305 e. The molecule has 7 nitrogen and oxygen atoms in total. The van der Waals surface area contributed by atoms with E-state index in [1.54, 1.807) is 28.2 Å². The van der Waals surface area contributed by atoms with Crippen molar-refractivity contribution >= 4 is 11.9 Å². The van der Waals surface area contributed by atoms with Crippen LogP contribution in [0.2, 0.25) is 0 Å². The summed E-state index contributed by atoms with van der Waals surface area (Å²) >= 11 is 0. The van der Waals surface area contributed by atoms with Gasteiger partial charge in [-0.1, -0.05) is 0 Å². The Labute approximate surface area is 104 Å². The second-order valence-corrected chi connectivity index (χ2v) is 4.15. The molecule has 7 heteroatoms. The third-order valence-corrected chi connectivity index (χ3v) is 2.84. The standard InChI is InChI=1S/C11H15N3O4/c15-10(6-13-2-1-12-8-13)14-3-4-18-7-9(14)5-11(16)17/h1-2,8-9H,3-7H2,(H,16,17). The van der Waals surface area contributed by atoms with E-state index < -0.39 is 5.97 Å². The minimum absolute atomic E-state index is 0.0876. The summed E-state index contributed by atoms with van der Waals surface area (Å²) in [5.74, 6) is -1.03. The molecular weight excluding hydrogens is 238 g/mol. The fraction of sp³-hybridized carbons (Fsp3) is 0.545. The molecule has 1 aromatic heterocycles. The molecule has 98 valence electrons. The first-order valence-corrected chi connectivity index (χ1v) is 5.71. The number of amides is 1. The van der Waals surface area contributed by atoms with Crippen LogP contribution in [-0.2, 0) is 20.9 Å². The van der Waals surface area contributed by atoms with Crippen LogP contribution in [0.25, 0.3) is 0 Å². The van der Waals surface area contributed by atoms with Crippen molar-refractivity contribution in [3.8, 4) is 0 Å². The third kappa shape index (κ3) is 3.07. The largest absolute Gasteiger partial charge is 0.481 e. The van der Waals surface area contributed by atoms with E-state index in [0.717, 1.165) is 0 Å². The molecule has 0 spiro atoms. The van der Waals surface area contributed by atoms with Gasteiger partial charge in [0, 0.05) is 18.9 Å². The van der Waals surface area contributed by atoms with Crippen LogP contribution in [0.4, 0.5) is 0 Å². The number of carboxylic acids is 1. The number of nitrogens with zero attached hydrogens (tertiary/aromatic N) is 3. The van der Waals surface area contributed by atoms with Crippen molar-refractivity contribution in [3.05, 3.63) is 18.7 Å². The average molecular weight is 253 g/mol. The van der Waals surface area contributed by atoms with Crippen molar-refractivity contribution in [3.63, 3.8) is 0 Å². The first-order chi connectivity index (χ1) is 8.66. The van der Waals surface area contributed by atoms with Gasteiger partial charge in [0.1, 0.15) is 6.54 Å². The Bertz CT molecular complexity index is 418. The van der Waals surface area contributed by atoms with E-state index in [0.29, 0.717) is 13.2 Å². The highest BCUT2D eigenvalue weighted by molar-refractivity contribution is 5.77. The van der Waals surface area contributed by atoms with Crippen LogP contribution in [0.5, 0.6) is 0 Å². The van der Waals surface area contributed by atoms with Gasteiger partial charge in [0.25, 0.3) is 0 Å². The molecule has 0 aliphatic carbocycles. The molecule has 1 atom stereocenters. The number of rotatable bonds is 4. The van der Waals surface area contributed by atoms with Gasteiger partial charge in [-0.25, -0.2) is 4.98 Å². The number of hydrogen-bond acceptors (Lipinski definition) is 4. The van der Waals surface area contributed by atoms with Crippen molar-refractivity contribution in [2.75, 3.05) is 19.8 Å². The van der Waals surface area contributed by atoms with Crippen LogP contribution in [0.1, 0.15) is 6.42 Å². The van der Waals surface area contributed by atoms with Crippen LogP contribution >= 0.6 is 0 Å². The molecule has 1 aliphatic heterocycles. The zero-order valence-corrected chi connectivity index (χ0v) is 9.86. The molecule has 1 unspecified atom stereocenters. The Morgan fingerprint density at radius 3 is 3.00 bits per heavy atom. The molecule has 0 bridgehead atoms. The zero-order valence-electron chi connectivity index (χ0n) is 9.86. The minimum Gasteiger partial charge on any atom is -0.481 e. The van der Waals surface area contributed by atoms with E-state index in [2.05, 4.69) is 4.98 Å². The summed E-state index contributed by atoms with van der Waals surface area (Å²) in [6.07, 6.45) is 4.77. The number of hydrogen-bond donors (Lipinski definition) is 1. The zero-order chi connectivity index (χ0) is 13.0. The quantitative estimate of drug-likeness (QED) is 0.788. The third-order valence-electron chi connectivity index (χ3n) is 2.84. The van der Waals surface area contributed by atoms with Gasteiger partial charge in [-0.2, -0.15) is 0 Å². The number of imidazole rings is 1. The highest BCUT2D eigenvalue weighted by atomic mass is 16.5. The Kier molecular flexibility index (Phi) is 3.93. The SMILES string of the molecule is O=C(O)CC1COCCN1C(=O)Cn1ccnc1. The molecule has 2 rings (SSSR count). The minimum atomic E-state index is -0.925. The normalized spacial score (nSPS) is 19.8. The molecule has 1 aliphatic rings. The number of aromatic nitrogens is 2. The summed E-state index contributed by atoms with van der Waals surface area (Å²) in [6, 6.07) is -0.382. The number of ether oxygens (including phenoxy) is 1. The molecule has 0 radical (unpaired) electrons. The van der Waals surface area contributed by atoms with E-state index >= 15 is 0 Å². The second-order valence-electron chi connectivity index (χ2n) is 4.15. The first-order valence-electron chi connectivity index (χ1n) is 5.71. The number of morpholine rings is 1. The van der Waals surface area contributed by atoms with Gasteiger partial charge in [-0.3, -0.25) is 9.59 Å². The molecule has 1 aromatic rings. The van der Waals surface area contributed by atoms with Gasteiger partial charge >= 0.3 is 5.97 Å². The van der Waals surface area contributed by atoms with E-state index in [4.69, 9.17) is 9.84 Å². The molecule has 1 saturated heterocycles. The number of carboxylic acid groups (broad SMARTS) is 1. The van der Waals surface area contributed by atoms with Crippen LogP contribution < -0.4 is 0 Å². The maximum atomic E-state index is 12.1. The molecule has 18 heavy (non-hydrogen) atoms. The number of carbonyl (C=O) groups excluding carboxylic acids is 1. The lowest BCUT2D eigenvalue weighted by Crippen LogP contribution is -2.50. The van der Waals surface area contributed by atoms with Gasteiger partial charge in [-0.05, 0) is 0 Å². The van der Waals surface area contributed by atoms with Gasteiger partial charge < -0.3 is 19.3 Å². The maximum absolute atomic E-state index is 12.1. The van der Waals surface area contributed by atoms with E-state index in [1.165, 1.54) is 0 Å². The molecule has 1 fully saturated rings. The summed E-state index contributed by atoms with van der Waals surface area (Å²) in [7, 11) is 0. The van der Waals surface area contributed by atoms with E-state index in [-0.39, 0.29) is 31.5 Å². The van der Waals surface area contributed by atoms with E-state index in [1.807, 2.05) is 0 Å². The van der Waals surface area contributed by atoms with Gasteiger partial charge in [0.15, 0.2) is 0 Å². The lowest BCUT2D eigenvalue weighted by molar-refractivity contribution is -0.146. The average Bonchev–Trinajstić information content (AvgIpc) is 2.81. The van der Waals surface area contributed by atoms with Crippen molar-refractivity contribution in [1.29, 1.82) is 0 Å². The van der Waals surface area contributed by atoms with Crippen molar-refractivity contribution < 1.29 is 19.4 Å². The summed E-state index contributed by atoms with van der Waals surface area (Å²) in [6.45, 7) is 1.34. The van der Waals surface area contributed by atoms with Crippen LogP contribution in [0, 0.1) is 0 Å². The fourth-order valence-corrected chi connectivity index (χ4v) is 1.98. The number of aliphatic carboxylic acids is 1. The Morgan fingerprint density at radius 2 is 2.33 bits per heavy atom. The summed E-state index contributed by atoms with van der Waals surface area (Å²) < 4.78 is 6.88. The van der Waals surface area contributed by atoms with Gasteiger partial charge in [0.05, 0.1) is 32.0 Å². The first kappa shape index (κ1) is 12.6. The Morgan fingerprint density at radius 1 is 1.50 bits per heavy atom. The molecular formula is C11H15N3O4. The van der Waals surface area contributed by atoms with Crippen molar-refractivity contribution in [2.24, 2.45) is 0 Å². The molecule has 1 amide bonds.